The van der Waals surface area contributed by atoms with Crippen LogP contribution in [0.2, 0.25) is 5.02 Å². The summed E-state index contributed by atoms with van der Waals surface area (Å²) in [6.07, 6.45) is 4.20. The summed E-state index contributed by atoms with van der Waals surface area (Å²) in [6.45, 7) is 2.33. The van der Waals surface area contributed by atoms with E-state index in [0.717, 1.165) is 24.4 Å². The van der Waals surface area contributed by atoms with Crippen molar-refractivity contribution >= 4 is 17.2 Å². The number of nitrogens with zero attached hydrogens (tertiary/aromatic N) is 4. The van der Waals surface area contributed by atoms with Gasteiger partial charge in [0.2, 0.25) is 0 Å². The van der Waals surface area contributed by atoms with Crippen LogP contribution in [0.15, 0.2) is 18.3 Å². The van der Waals surface area contributed by atoms with Gasteiger partial charge in [0, 0.05) is 19.2 Å². The largest absolute Gasteiger partial charge is 0.306 e. The summed E-state index contributed by atoms with van der Waals surface area (Å²) in [5.74, 6) is 1.70. The van der Waals surface area contributed by atoms with Crippen molar-refractivity contribution in [2.75, 3.05) is 20.1 Å². The van der Waals surface area contributed by atoms with E-state index in [2.05, 4.69) is 22.1 Å². The van der Waals surface area contributed by atoms with Gasteiger partial charge in [-0.15, -0.1) is 10.2 Å². The van der Waals surface area contributed by atoms with Crippen LogP contribution in [-0.2, 0) is 6.42 Å². The van der Waals surface area contributed by atoms with Crippen LogP contribution >= 0.6 is 11.6 Å². The third kappa shape index (κ3) is 2.03. The molecule has 0 aromatic carbocycles. The van der Waals surface area contributed by atoms with Crippen molar-refractivity contribution in [3.8, 4) is 0 Å². The average Bonchev–Trinajstić information content (AvgIpc) is 2.88. The normalized spacial score (nSPS) is 21.4. The molecule has 3 rings (SSSR count). The highest BCUT2D eigenvalue weighted by atomic mass is 35.5. The number of fused-ring (bicyclic) bond motifs is 1. The molecule has 4 nitrogen and oxygen atoms in total. The molecule has 0 saturated carbocycles. The van der Waals surface area contributed by atoms with E-state index in [1.807, 2.05) is 22.7 Å². The third-order valence-corrected chi connectivity index (χ3v) is 3.71. The molecule has 1 aliphatic heterocycles. The molecule has 0 radical (unpaired) electrons. The first-order valence-electron chi connectivity index (χ1n) is 5.90. The number of halogens is 1. The van der Waals surface area contributed by atoms with E-state index >= 15 is 0 Å². The van der Waals surface area contributed by atoms with E-state index in [0.29, 0.717) is 10.9 Å². The minimum atomic E-state index is 0.662. The predicted octanol–water partition coefficient (Wildman–Crippen LogP) is 1.88. The quantitative estimate of drug-likeness (QED) is 0.816. The topological polar surface area (TPSA) is 33.4 Å². The summed E-state index contributed by atoms with van der Waals surface area (Å²) in [7, 11) is 2.17. The van der Waals surface area contributed by atoms with Crippen molar-refractivity contribution < 1.29 is 0 Å². The highest BCUT2D eigenvalue weighted by molar-refractivity contribution is 6.33. The van der Waals surface area contributed by atoms with Crippen LogP contribution in [0.3, 0.4) is 0 Å². The van der Waals surface area contributed by atoms with Crippen LogP contribution in [0.4, 0.5) is 0 Å². The molecule has 2 aromatic heterocycles. The Balaban J connectivity index is 1.88. The van der Waals surface area contributed by atoms with Gasteiger partial charge in [0.05, 0.1) is 5.02 Å². The molecule has 0 spiro atoms. The van der Waals surface area contributed by atoms with Gasteiger partial charge in [-0.2, -0.15) is 0 Å². The fraction of sp³-hybridized carbons (Fsp3) is 0.500. The Hall–Kier alpha value is -1.13. The Morgan fingerprint density at radius 3 is 3.12 bits per heavy atom. The molecule has 17 heavy (non-hydrogen) atoms. The maximum atomic E-state index is 6.08. The molecule has 0 amide bonds. The Kier molecular flexibility index (Phi) is 2.76. The molecule has 1 aliphatic rings. The SMILES string of the molecule is CN1CCC(Cc2nnc3c(Cl)cccn23)C1. The Morgan fingerprint density at radius 2 is 2.35 bits per heavy atom. The molecular weight excluding hydrogens is 236 g/mol. The zero-order valence-electron chi connectivity index (χ0n) is 9.80. The summed E-state index contributed by atoms with van der Waals surface area (Å²) < 4.78 is 2.00. The second kappa shape index (κ2) is 4.27. The second-order valence-electron chi connectivity index (χ2n) is 4.79. The van der Waals surface area contributed by atoms with Crippen LogP contribution in [-0.4, -0.2) is 39.6 Å². The predicted molar refractivity (Wildman–Crippen MR) is 67.3 cm³/mol. The van der Waals surface area contributed by atoms with Crippen molar-refractivity contribution in [1.29, 1.82) is 0 Å². The third-order valence-electron chi connectivity index (χ3n) is 3.42. The molecule has 0 bridgehead atoms. The van der Waals surface area contributed by atoms with E-state index in [9.17, 15) is 0 Å². The van der Waals surface area contributed by atoms with Gasteiger partial charge in [-0.05, 0) is 38.1 Å². The molecule has 1 saturated heterocycles. The molecule has 0 aliphatic carbocycles. The first-order valence-corrected chi connectivity index (χ1v) is 6.28. The van der Waals surface area contributed by atoms with Gasteiger partial charge in [-0.25, -0.2) is 0 Å². The van der Waals surface area contributed by atoms with Crippen molar-refractivity contribution in [2.45, 2.75) is 12.8 Å². The number of likely N-dealkylation sites (tertiary alicyclic amines) is 1. The Labute approximate surface area is 105 Å². The van der Waals surface area contributed by atoms with Gasteiger partial charge < -0.3 is 4.90 Å². The molecule has 1 fully saturated rings. The van der Waals surface area contributed by atoms with Crippen molar-refractivity contribution in [3.63, 3.8) is 0 Å². The monoisotopic (exact) mass is 250 g/mol. The van der Waals surface area contributed by atoms with Gasteiger partial charge in [0.15, 0.2) is 5.65 Å². The van der Waals surface area contributed by atoms with Gasteiger partial charge in [0.1, 0.15) is 5.82 Å². The van der Waals surface area contributed by atoms with E-state index < -0.39 is 0 Å². The van der Waals surface area contributed by atoms with E-state index in [-0.39, 0.29) is 0 Å². The molecule has 90 valence electrons. The maximum Gasteiger partial charge on any atom is 0.179 e. The summed E-state index contributed by atoms with van der Waals surface area (Å²) in [6, 6.07) is 3.78. The van der Waals surface area contributed by atoms with E-state index in [4.69, 9.17) is 11.6 Å². The lowest BCUT2D eigenvalue weighted by molar-refractivity contribution is 0.392. The summed E-state index contributed by atoms with van der Waals surface area (Å²) in [5, 5.41) is 9.06. The molecule has 0 N–H and O–H groups in total. The first kappa shape index (κ1) is 11.0. The lowest BCUT2D eigenvalue weighted by atomic mass is 10.0. The van der Waals surface area contributed by atoms with Crippen molar-refractivity contribution in [1.82, 2.24) is 19.5 Å². The fourth-order valence-electron chi connectivity index (χ4n) is 2.52. The standard InChI is InChI=1S/C12H15ClN4/c1-16-6-4-9(8-16)7-11-14-15-12-10(13)3-2-5-17(11)12/h2-3,5,9H,4,6-8H2,1H3. The smallest absolute Gasteiger partial charge is 0.179 e. The van der Waals surface area contributed by atoms with Crippen molar-refractivity contribution in [2.24, 2.45) is 5.92 Å². The molecule has 1 unspecified atom stereocenters. The lowest BCUT2D eigenvalue weighted by Crippen LogP contribution is -2.15. The first-order chi connectivity index (χ1) is 8.24. The molecule has 2 aromatic rings. The Morgan fingerprint density at radius 1 is 1.47 bits per heavy atom. The number of hydrogen-bond donors (Lipinski definition) is 0. The van der Waals surface area contributed by atoms with Crippen molar-refractivity contribution in [3.05, 3.63) is 29.2 Å². The fourth-order valence-corrected chi connectivity index (χ4v) is 2.72. The second-order valence-corrected chi connectivity index (χ2v) is 5.19. The van der Waals surface area contributed by atoms with E-state index in [1.165, 1.54) is 13.0 Å². The molecular formula is C12H15ClN4. The molecule has 5 heteroatoms. The lowest BCUT2D eigenvalue weighted by Gasteiger charge is -2.08. The maximum absolute atomic E-state index is 6.08. The number of pyridine rings is 1. The molecule has 1 atom stereocenters. The Bertz CT molecular complexity index is 536. The van der Waals surface area contributed by atoms with E-state index in [1.54, 1.807) is 0 Å². The number of rotatable bonds is 2. The van der Waals surface area contributed by atoms with Crippen LogP contribution in [0.25, 0.3) is 5.65 Å². The van der Waals surface area contributed by atoms with Crippen LogP contribution in [0.1, 0.15) is 12.2 Å². The van der Waals surface area contributed by atoms with Gasteiger partial charge in [0.25, 0.3) is 0 Å². The van der Waals surface area contributed by atoms with Crippen LogP contribution < -0.4 is 0 Å². The summed E-state index contributed by atoms with van der Waals surface area (Å²) in [5.41, 5.74) is 0.760. The van der Waals surface area contributed by atoms with Gasteiger partial charge in [-0.1, -0.05) is 11.6 Å². The van der Waals surface area contributed by atoms with Gasteiger partial charge in [-0.3, -0.25) is 4.40 Å². The number of aromatic nitrogens is 3. The highest BCUT2D eigenvalue weighted by Gasteiger charge is 2.21. The average molecular weight is 251 g/mol. The zero-order valence-corrected chi connectivity index (χ0v) is 10.6. The van der Waals surface area contributed by atoms with Crippen LogP contribution in [0.5, 0.6) is 0 Å². The zero-order chi connectivity index (χ0) is 11.8. The molecule has 3 heterocycles. The summed E-state index contributed by atoms with van der Waals surface area (Å²) >= 11 is 6.08. The van der Waals surface area contributed by atoms with Crippen LogP contribution in [0, 0.1) is 5.92 Å². The minimum absolute atomic E-state index is 0.662. The number of hydrogen-bond acceptors (Lipinski definition) is 3. The minimum Gasteiger partial charge on any atom is -0.306 e. The highest BCUT2D eigenvalue weighted by Crippen LogP contribution is 2.21. The summed E-state index contributed by atoms with van der Waals surface area (Å²) in [4.78, 5) is 2.36. The van der Waals surface area contributed by atoms with Gasteiger partial charge >= 0.3 is 0 Å².